The number of thiocarbonyl (C=S) groups is 1. The Morgan fingerprint density at radius 1 is 1.23 bits per heavy atom. The molecule has 1 aliphatic heterocycles. The van der Waals surface area contributed by atoms with Crippen LogP contribution in [0.1, 0.15) is 11.1 Å². The Labute approximate surface area is 156 Å². The first-order valence-electron chi connectivity index (χ1n) is 7.84. The van der Waals surface area contributed by atoms with Crippen molar-refractivity contribution in [3.63, 3.8) is 0 Å². The monoisotopic (exact) mass is 372 g/mol. The van der Waals surface area contributed by atoms with E-state index in [1.165, 1.54) is 17.0 Å². The average molecular weight is 372 g/mol. The molecule has 0 aliphatic carbocycles. The van der Waals surface area contributed by atoms with Crippen molar-refractivity contribution in [2.45, 2.75) is 6.61 Å². The Hall–Kier alpha value is -2.93. The van der Waals surface area contributed by atoms with E-state index in [1.807, 2.05) is 12.1 Å². The summed E-state index contributed by atoms with van der Waals surface area (Å²) < 4.78 is 24.0. The fourth-order valence-electron chi connectivity index (χ4n) is 2.48. The molecule has 0 bridgehead atoms. The molecule has 1 fully saturated rings. The van der Waals surface area contributed by atoms with Gasteiger partial charge in [0.2, 0.25) is 0 Å². The third-order valence-corrected chi connectivity index (χ3v) is 4.28. The number of hydrogen-bond acceptors (Lipinski definition) is 4. The van der Waals surface area contributed by atoms with Gasteiger partial charge in [0, 0.05) is 12.6 Å². The lowest BCUT2D eigenvalue weighted by atomic mass is 10.1. The highest BCUT2D eigenvalue weighted by Gasteiger charge is 2.26. The molecule has 0 aromatic heterocycles. The molecule has 1 amide bonds. The van der Waals surface area contributed by atoms with Crippen LogP contribution in [0.25, 0.3) is 6.08 Å². The summed E-state index contributed by atoms with van der Waals surface area (Å²) in [6.07, 6.45) is 1.72. The van der Waals surface area contributed by atoms with Crippen molar-refractivity contribution in [3.8, 4) is 11.5 Å². The molecule has 3 rings (SSSR count). The second-order valence-corrected chi connectivity index (χ2v) is 6.05. The largest absolute Gasteiger partial charge is 0.496 e. The molecule has 2 aromatic carbocycles. The van der Waals surface area contributed by atoms with Crippen LogP contribution >= 0.6 is 12.2 Å². The van der Waals surface area contributed by atoms with E-state index in [0.29, 0.717) is 22.3 Å². The highest BCUT2D eigenvalue weighted by Crippen LogP contribution is 2.24. The molecular formula is C19H17FN2O3S. The van der Waals surface area contributed by atoms with Crippen LogP contribution in [0.3, 0.4) is 0 Å². The Morgan fingerprint density at radius 2 is 1.96 bits per heavy atom. The molecule has 5 nitrogen and oxygen atoms in total. The number of nitrogens with one attached hydrogen (secondary N) is 1. The SMILES string of the molecule is COc1ccc(C=C2NC(=S)N(C)C2=O)cc1COc1ccc(F)cc1. The number of benzene rings is 2. The van der Waals surface area contributed by atoms with E-state index < -0.39 is 0 Å². The molecule has 2 aromatic rings. The molecule has 1 heterocycles. The number of ether oxygens (including phenoxy) is 2. The van der Waals surface area contributed by atoms with Crippen LogP contribution in [0.5, 0.6) is 11.5 Å². The lowest BCUT2D eigenvalue weighted by Crippen LogP contribution is -2.25. The zero-order chi connectivity index (χ0) is 18.7. The molecule has 7 heteroatoms. The van der Waals surface area contributed by atoms with Crippen LogP contribution in [0.2, 0.25) is 0 Å². The van der Waals surface area contributed by atoms with Gasteiger partial charge in [-0.15, -0.1) is 0 Å². The number of carbonyl (C=O) groups is 1. The van der Waals surface area contributed by atoms with Crippen LogP contribution < -0.4 is 14.8 Å². The fraction of sp³-hybridized carbons (Fsp3) is 0.158. The molecule has 1 aliphatic rings. The molecule has 26 heavy (non-hydrogen) atoms. The van der Waals surface area contributed by atoms with Gasteiger partial charge in [-0.3, -0.25) is 9.69 Å². The van der Waals surface area contributed by atoms with Crippen molar-refractivity contribution < 1.29 is 18.7 Å². The van der Waals surface area contributed by atoms with Gasteiger partial charge in [-0.05, 0) is 60.3 Å². The Bertz CT molecular complexity index is 881. The predicted octanol–water partition coefficient (Wildman–Crippen LogP) is 3.10. The van der Waals surface area contributed by atoms with Crippen molar-refractivity contribution in [1.29, 1.82) is 0 Å². The highest BCUT2D eigenvalue weighted by molar-refractivity contribution is 7.80. The van der Waals surface area contributed by atoms with Crippen LogP contribution in [-0.4, -0.2) is 30.1 Å². The first-order valence-corrected chi connectivity index (χ1v) is 8.25. The van der Waals surface area contributed by atoms with Crippen molar-refractivity contribution in [2.24, 2.45) is 0 Å². The van der Waals surface area contributed by atoms with Crippen LogP contribution in [0.4, 0.5) is 4.39 Å². The Kier molecular flexibility index (Phi) is 5.18. The zero-order valence-electron chi connectivity index (χ0n) is 14.3. The molecule has 1 N–H and O–H groups in total. The van der Waals surface area contributed by atoms with Crippen molar-refractivity contribution >= 4 is 29.3 Å². The number of methoxy groups -OCH3 is 1. The van der Waals surface area contributed by atoms with Crippen molar-refractivity contribution in [1.82, 2.24) is 10.2 Å². The first kappa shape index (κ1) is 17.9. The van der Waals surface area contributed by atoms with Gasteiger partial charge in [0.05, 0.1) is 7.11 Å². The number of likely N-dealkylation sites (N-methyl/N-ethyl adjacent to an activating group) is 1. The predicted molar refractivity (Wildman–Crippen MR) is 100 cm³/mol. The molecule has 0 radical (unpaired) electrons. The van der Waals surface area contributed by atoms with Gasteiger partial charge in [-0.1, -0.05) is 6.07 Å². The van der Waals surface area contributed by atoms with Gasteiger partial charge in [-0.25, -0.2) is 4.39 Å². The Balaban J connectivity index is 1.81. The fourth-order valence-corrected chi connectivity index (χ4v) is 2.68. The number of rotatable bonds is 5. The van der Waals surface area contributed by atoms with Gasteiger partial charge in [0.25, 0.3) is 5.91 Å². The third kappa shape index (κ3) is 3.83. The minimum atomic E-state index is -0.319. The number of halogens is 1. The first-order chi connectivity index (χ1) is 12.5. The second-order valence-electron chi connectivity index (χ2n) is 5.67. The average Bonchev–Trinajstić information content (AvgIpc) is 2.88. The Morgan fingerprint density at radius 3 is 2.58 bits per heavy atom. The van der Waals surface area contributed by atoms with Gasteiger partial charge < -0.3 is 14.8 Å². The number of hydrogen-bond donors (Lipinski definition) is 1. The van der Waals surface area contributed by atoms with Crippen molar-refractivity contribution in [2.75, 3.05) is 14.2 Å². The maximum atomic E-state index is 13.0. The molecule has 0 unspecified atom stereocenters. The maximum Gasteiger partial charge on any atom is 0.276 e. The van der Waals surface area contributed by atoms with Crippen molar-refractivity contribution in [3.05, 3.63) is 65.1 Å². The van der Waals surface area contributed by atoms with Gasteiger partial charge in [-0.2, -0.15) is 0 Å². The molecule has 134 valence electrons. The maximum absolute atomic E-state index is 13.0. The van der Waals surface area contributed by atoms with Gasteiger partial charge >= 0.3 is 0 Å². The summed E-state index contributed by atoms with van der Waals surface area (Å²) >= 11 is 5.07. The lowest BCUT2D eigenvalue weighted by Gasteiger charge is -2.11. The van der Waals surface area contributed by atoms with Crippen LogP contribution in [0.15, 0.2) is 48.2 Å². The van der Waals surface area contributed by atoms with E-state index in [1.54, 1.807) is 38.4 Å². The standard InChI is InChI=1S/C19H17FN2O3S/c1-22-18(23)16(21-19(22)26)10-12-3-8-17(24-2)13(9-12)11-25-15-6-4-14(20)5-7-15/h3-10H,11H2,1-2H3,(H,21,26). The molecule has 0 atom stereocenters. The molecule has 0 spiro atoms. The minimum absolute atomic E-state index is 0.185. The quantitative estimate of drug-likeness (QED) is 0.646. The molecule has 1 saturated heterocycles. The summed E-state index contributed by atoms with van der Waals surface area (Å²) in [7, 11) is 3.19. The normalized spacial score (nSPS) is 15.3. The smallest absolute Gasteiger partial charge is 0.276 e. The summed E-state index contributed by atoms with van der Waals surface area (Å²) in [5, 5.41) is 3.25. The summed E-state index contributed by atoms with van der Waals surface area (Å²) in [5.41, 5.74) is 2.01. The van der Waals surface area contributed by atoms with E-state index in [-0.39, 0.29) is 18.3 Å². The summed E-state index contributed by atoms with van der Waals surface area (Å²) in [6.45, 7) is 0.242. The molecule has 0 saturated carbocycles. The van der Waals surface area contributed by atoms with Gasteiger partial charge in [0.1, 0.15) is 29.6 Å². The van der Waals surface area contributed by atoms with E-state index >= 15 is 0 Å². The summed E-state index contributed by atoms with van der Waals surface area (Å²) in [5.74, 6) is 0.708. The minimum Gasteiger partial charge on any atom is -0.496 e. The summed E-state index contributed by atoms with van der Waals surface area (Å²) in [4.78, 5) is 13.5. The lowest BCUT2D eigenvalue weighted by molar-refractivity contribution is -0.121. The number of carbonyl (C=O) groups excluding carboxylic acids is 1. The second kappa shape index (κ2) is 7.53. The number of amides is 1. The van der Waals surface area contributed by atoms with Crippen LogP contribution in [0, 0.1) is 5.82 Å². The van der Waals surface area contributed by atoms with E-state index in [0.717, 1.165) is 11.1 Å². The zero-order valence-corrected chi connectivity index (χ0v) is 15.1. The summed E-state index contributed by atoms with van der Waals surface area (Å²) in [6, 6.07) is 11.3. The molecular weight excluding hydrogens is 355 g/mol. The van der Waals surface area contributed by atoms with E-state index in [2.05, 4.69) is 5.32 Å². The van der Waals surface area contributed by atoms with E-state index in [4.69, 9.17) is 21.7 Å². The van der Waals surface area contributed by atoms with Crippen LogP contribution in [-0.2, 0) is 11.4 Å². The highest BCUT2D eigenvalue weighted by atomic mass is 32.1. The van der Waals surface area contributed by atoms with Gasteiger partial charge in [0.15, 0.2) is 5.11 Å². The number of nitrogens with zero attached hydrogens (tertiary/aromatic N) is 1. The third-order valence-electron chi connectivity index (χ3n) is 3.90. The topological polar surface area (TPSA) is 50.8 Å². The van der Waals surface area contributed by atoms with E-state index in [9.17, 15) is 9.18 Å².